The predicted octanol–water partition coefficient (Wildman–Crippen LogP) is 7.96. The van der Waals surface area contributed by atoms with Crippen LogP contribution in [0.15, 0.2) is 0 Å². The first kappa shape index (κ1) is 21.0. The summed E-state index contributed by atoms with van der Waals surface area (Å²) in [7, 11) is 0. The molecule has 0 aromatic rings. The summed E-state index contributed by atoms with van der Waals surface area (Å²) < 4.78 is 0. The lowest BCUT2D eigenvalue weighted by Gasteiger charge is -2.22. The first-order valence-corrected chi connectivity index (χ1v) is 10.1. The molecule has 0 aromatic heterocycles. The minimum atomic E-state index is 0.884. The van der Waals surface area contributed by atoms with E-state index in [1.54, 1.807) is 0 Å². The van der Waals surface area contributed by atoms with Gasteiger partial charge in [0.25, 0.3) is 0 Å². The van der Waals surface area contributed by atoms with Gasteiger partial charge in [-0.25, -0.2) is 0 Å². The SMILES string of the molecule is CCCCCCCCC([CH]C(CCC)CCCCC)CC. The molecule has 1 radical (unpaired) electrons. The summed E-state index contributed by atoms with van der Waals surface area (Å²) in [4.78, 5) is 0. The molecule has 0 fully saturated rings. The van der Waals surface area contributed by atoms with Crippen LogP contribution in [-0.2, 0) is 0 Å². The molecule has 0 nitrogen and oxygen atoms in total. The molecular formula is C21H43. The summed E-state index contributed by atoms with van der Waals surface area (Å²) in [5, 5.41) is 0. The Morgan fingerprint density at radius 3 is 1.67 bits per heavy atom. The molecule has 0 saturated carbocycles. The van der Waals surface area contributed by atoms with Crippen LogP contribution >= 0.6 is 0 Å². The van der Waals surface area contributed by atoms with Gasteiger partial charge in [0.2, 0.25) is 0 Å². The molecule has 0 aliphatic carbocycles. The molecule has 2 atom stereocenters. The summed E-state index contributed by atoms with van der Waals surface area (Å²) in [5.41, 5.74) is 0. The molecule has 0 aromatic carbocycles. The van der Waals surface area contributed by atoms with E-state index in [-0.39, 0.29) is 0 Å². The summed E-state index contributed by atoms with van der Waals surface area (Å²) in [6.07, 6.45) is 22.6. The van der Waals surface area contributed by atoms with Crippen molar-refractivity contribution in [3.05, 3.63) is 6.42 Å². The Morgan fingerprint density at radius 2 is 1.05 bits per heavy atom. The number of hydrogen-bond acceptors (Lipinski definition) is 0. The molecule has 0 amide bonds. The van der Waals surface area contributed by atoms with E-state index in [4.69, 9.17) is 0 Å². The van der Waals surface area contributed by atoms with Gasteiger partial charge in [0.15, 0.2) is 0 Å². The largest absolute Gasteiger partial charge is 0.0654 e. The number of unbranched alkanes of at least 4 members (excludes halogenated alkanes) is 7. The van der Waals surface area contributed by atoms with Crippen molar-refractivity contribution in [3.8, 4) is 0 Å². The van der Waals surface area contributed by atoms with Crippen LogP contribution in [0.1, 0.15) is 118 Å². The third kappa shape index (κ3) is 13.4. The molecule has 0 aliphatic heterocycles. The van der Waals surface area contributed by atoms with Gasteiger partial charge >= 0.3 is 0 Å². The average Bonchev–Trinajstić information content (AvgIpc) is 2.49. The first-order valence-electron chi connectivity index (χ1n) is 10.1. The maximum Gasteiger partial charge on any atom is -0.0324 e. The number of rotatable bonds is 16. The second-order valence-electron chi connectivity index (χ2n) is 6.96. The van der Waals surface area contributed by atoms with Crippen LogP contribution in [-0.4, -0.2) is 0 Å². The molecule has 0 heterocycles. The van der Waals surface area contributed by atoms with Gasteiger partial charge in [-0.1, -0.05) is 118 Å². The van der Waals surface area contributed by atoms with Gasteiger partial charge < -0.3 is 0 Å². The Kier molecular flexibility index (Phi) is 16.4. The molecule has 0 aliphatic rings. The van der Waals surface area contributed by atoms with Gasteiger partial charge in [-0.3, -0.25) is 0 Å². The quantitative estimate of drug-likeness (QED) is 0.253. The highest BCUT2D eigenvalue weighted by Gasteiger charge is 2.14. The smallest absolute Gasteiger partial charge is 0.0324 e. The monoisotopic (exact) mass is 295 g/mol. The van der Waals surface area contributed by atoms with Gasteiger partial charge in [0.1, 0.15) is 0 Å². The Balaban J connectivity index is 3.83. The fraction of sp³-hybridized carbons (Fsp3) is 0.952. The zero-order valence-electron chi connectivity index (χ0n) is 15.6. The van der Waals surface area contributed by atoms with Crippen LogP contribution in [0.5, 0.6) is 0 Å². The Hall–Kier alpha value is 0. The molecular weight excluding hydrogens is 252 g/mol. The van der Waals surface area contributed by atoms with Crippen molar-refractivity contribution in [2.45, 2.75) is 118 Å². The third-order valence-electron chi connectivity index (χ3n) is 4.84. The van der Waals surface area contributed by atoms with Crippen LogP contribution in [0.3, 0.4) is 0 Å². The van der Waals surface area contributed by atoms with E-state index in [1.807, 2.05) is 0 Å². The number of hydrogen-bond donors (Lipinski definition) is 0. The molecule has 127 valence electrons. The molecule has 0 rings (SSSR count). The van der Waals surface area contributed by atoms with Gasteiger partial charge in [0, 0.05) is 0 Å². The summed E-state index contributed by atoms with van der Waals surface area (Å²) in [6, 6.07) is 0. The van der Waals surface area contributed by atoms with Crippen molar-refractivity contribution in [3.63, 3.8) is 0 Å². The maximum atomic E-state index is 2.74. The van der Waals surface area contributed by atoms with Crippen LogP contribution in [0.2, 0.25) is 0 Å². The van der Waals surface area contributed by atoms with Crippen LogP contribution in [0.4, 0.5) is 0 Å². The predicted molar refractivity (Wildman–Crippen MR) is 98.6 cm³/mol. The average molecular weight is 296 g/mol. The summed E-state index contributed by atoms with van der Waals surface area (Å²) in [6.45, 7) is 9.34. The molecule has 0 heteroatoms. The van der Waals surface area contributed by atoms with Crippen LogP contribution in [0, 0.1) is 18.3 Å². The fourth-order valence-corrected chi connectivity index (χ4v) is 3.37. The Bertz CT molecular complexity index is 184. The van der Waals surface area contributed by atoms with E-state index in [0.29, 0.717) is 0 Å². The maximum absolute atomic E-state index is 2.74. The second kappa shape index (κ2) is 16.4. The minimum Gasteiger partial charge on any atom is -0.0654 e. The lowest BCUT2D eigenvalue weighted by Crippen LogP contribution is -2.10. The highest BCUT2D eigenvalue weighted by molar-refractivity contribution is 4.83. The molecule has 0 saturated heterocycles. The first-order chi connectivity index (χ1) is 10.3. The van der Waals surface area contributed by atoms with Crippen molar-refractivity contribution < 1.29 is 0 Å². The van der Waals surface area contributed by atoms with Gasteiger partial charge in [-0.05, 0) is 18.3 Å². The Morgan fingerprint density at radius 1 is 0.524 bits per heavy atom. The molecule has 0 N–H and O–H groups in total. The normalized spacial score (nSPS) is 14.3. The second-order valence-corrected chi connectivity index (χ2v) is 6.96. The van der Waals surface area contributed by atoms with Crippen LogP contribution in [0.25, 0.3) is 0 Å². The van der Waals surface area contributed by atoms with Crippen LogP contribution < -0.4 is 0 Å². The van der Waals surface area contributed by atoms with E-state index >= 15 is 0 Å². The molecule has 0 spiro atoms. The van der Waals surface area contributed by atoms with E-state index in [2.05, 4.69) is 34.1 Å². The highest BCUT2D eigenvalue weighted by Crippen LogP contribution is 2.27. The standard InChI is InChI=1S/C21H43/c1-5-9-11-12-13-15-17-20(8-4)19-21(16-7-3)18-14-10-6-2/h19-21H,5-18H2,1-4H3. The topological polar surface area (TPSA) is 0 Å². The highest BCUT2D eigenvalue weighted by atomic mass is 14.2. The molecule has 0 bridgehead atoms. The minimum absolute atomic E-state index is 0.884. The third-order valence-corrected chi connectivity index (χ3v) is 4.84. The van der Waals surface area contributed by atoms with Crippen molar-refractivity contribution >= 4 is 0 Å². The molecule has 2 unspecified atom stereocenters. The Labute approximate surface area is 136 Å². The van der Waals surface area contributed by atoms with Crippen molar-refractivity contribution in [1.29, 1.82) is 0 Å². The van der Waals surface area contributed by atoms with E-state index in [9.17, 15) is 0 Å². The van der Waals surface area contributed by atoms with Crippen molar-refractivity contribution in [2.24, 2.45) is 11.8 Å². The van der Waals surface area contributed by atoms with E-state index in [1.165, 1.54) is 89.9 Å². The zero-order chi connectivity index (χ0) is 15.8. The van der Waals surface area contributed by atoms with Gasteiger partial charge in [0.05, 0.1) is 0 Å². The fourth-order valence-electron chi connectivity index (χ4n) is 3.37. The summed E-state index contributed by atoms with van der Waals surface area (Å²) in [5.74, 6) is 1.78. The van der Waals surface area contributed by atoms with E-state index in [0.717, 1.165) is 11.8 Å². The van der Waals surface area contributed by atoms with E-state index < -0.39 is 0 Å². The van der Waals surface area contributed by atoms with Gasteiger partial charge in [-0.15, -0.1) is 0 Å². The lowest BCUT2D eigenvalue weighted by molar-refractivity contribution is 0.389. The van der Waals surface area contributed by atoms with Crippen molar-refractivity contribution in [2.75, 3.05) is 0 Å². The van der Waals surface area contributed by atoms with Crippen molar-refractivity contribution in [1.82, 2.24) is 0 Å². The molecule has 21 heavy (non-hydrogen) atoms. The zero-order valence-corrected chi connectivity index (χ0v) is 15.6. The van der Waals surface area contributed by atoms with Gasteiger partial charge in [-0.2, -0.15) is 0 Å². The summed E-state index contributed by atoms with van der Waals surface area (Å²) >= 11 is 0. The lowest BCUT2D eigenvalue weighted by atomic mass is 9.83.